The van der Waals surface area contributed by atoms with Gasteiger partial charge in [0.1, 0.15) is 0 Å². The van der Waals surface area contributed by atoms with Crippen molar-refractivity contribution in [2.24, 2.45) is 0 Å². The second-order valence-corrected chi connectivity index (χ2v) is 19.5. The van der Waals surface area contributed by atoms with Gasteiger partial charge in [-0.1, -0.05) is 25.0 Å². The van der Waals surface area contributed by atoms with E-state index < -0.39 is 6.18 Å². The van der Waals surface area contributed by atoms with Gasteiger partial charge < -0.3 is 0 Å². The van der Waals surface area contributed by atoms with Gasteiger partial charge in [0.25, 0.3) is 0 Å². The monoisotopic (exact) mass is 346 g/mol. The Hall–Kier alpha value is 2.89. The third kappa shape index (κ3) is 11.2. The van der Waals surface area contributed by atoms with Crippen molar-refractivity contribution in [2.75, 3.05) is 5.75 Å². The van der Waals surface area contributed by atoms with Crippen molar-refractivity contribution in [1.29, 1.82) is 0 Å². The van der Waals surface area contributed by atoms with Crippen molar-refractivity contribution in [1.82, 2.24) is 0 Å². The summed E-state index contributed by atoms with van der Waals surface area (Å²) in [6.07, 6.45) is 1.10. The van der Waals surface area contributed by atoms with Crippen LogP contribution in [0.4, 0.5) is 0 Å². The van der Waals surface area contributed by atoms with Crippen molar-refractivity contribution in [3.05, 3.63) is 0 Å². The molecule has 0 nitrogen and oxygen atoms in total. The van der Waals surface area contributed by atoms with Crippen LogP contribution in [-0.4, -0.2) is 5.75 Å². The fourth-order valence-corrected chi connectivity index (χ4v) is 18.6. The minimum atomic E-state index is -1.25. The highest BCUT2D eigenvalue weighted by molar-refractivity contribution is 9.46. The summed E-state index contributed by atoms with van der Waals surface area (Å²) in [5.74, 6) is 1.02. The summed E-state index contributed by atoms with van der Waals surface area (Å²) >= 11 is 14.7. The number of hydrogen-bond donors (Lipinski definition) is 1. The molecule has 80 valence electrons. The van der Waals surface area contributed by atoms with Crippen molar-refractivity contribution < 1.29 is 0 Å². The summed E-state index contributed by atoms with van der Waals surface area (Å²) in [4.78, 5) is 0. The van der Waals surface area contributed by atoms with Crippen molar-refractivity contribution in [2.45, 2.75) is 19.8 Å². The van der Waals surface area contributed by atoms with Crippen LogP contribution in [0, 0.1) is 0 Å². The van der Waals surface area contributed by atoms with Crippen molar-refractivity contribution >= 4 is 89.3 Å². The zero-order valence-corrected chi connectivity index (χ0v) is 14.3. The van der Waals surface area contributed by atoms with Crippen molar-refractivity contribution in [3.8, 4) is 0 Å². The predicted molar refractivity (Wildman–Crippen MR) is 88.8 cm³/mol. The summed E-state index contributed by atoms with van der Waals surface area (Å²) in [7, 11) is 8.14. The van der Waals surface area contributed by atoms with Crippen molar-refractivity contribution in [3.63, 3.8) is 0 Å². The molecule has 0 saturated heterocycles. The van der Waals surface area contributed by atoms with Crippen LogP contribution in [0.15, 0.2) is 0 Å². The number of rotatable bonds is 8. The lowest BCUT2D eigenvalue weighted by molar-refractivity contribution is 0.897. The predicted octanol–water partition coefficient (Wildman–Crippen LogP) is 4.95. The second-order valence-electron chi connectivity index (χ2n) is 1.96. The Morgan fingerprint density at radius 1 is 1.23 bits per heavy atom. The Kier molecular flexibility index (Phi) is 12.3. The molecule has 0 radical (unpaired) electrons. The van der Waals surface area contributed by atoms with Crippen LogP contribution < -0.4 is 0 Å². The minimum Gasteiger partial charge on any atom is -0.0988 e. The van der Waals surface area contributed by atoms with E-state index in [9.17, 15) is 0 Å². The second kappa shape index (κ2) is 10.1. The first kappa shape index (κ1) is 15.9. The normalized spacial score (nSPS) is 11.8. The van der Waals surface area contributed by atoms with Gasteiger partial charge in [0.05, 0.1) is 0 Å². The molecule has 0 aromatic rings. The van der Waals surface area contributed by atoms with E-state index >= 15 is 0 Å². The topological polar surface area (TPSA) is 0 Å². The van der Waals surface area contributed by atoms with Crippen LogP contribution in [0.25, 0.3) is 0 Å². The molecule has 0 aliphatic heterocycles. The first-order valence-corrected chi connectivity index (χ1v) is 14.7. The summed E-state index contributed by atoms with van der Waals surface area (Å²) in [5.41, 5.74) is 0. The molecule has 0 rings (SSSR count). The molecule has 0 heterocycles. The highest BCUT2D eigenvalue weighted by Crippen LogP contribution is 2.51. The van der Waals surface area contributed by atoms with E-state index in [1.807, 2.05) is 0 Å². The molecule has 0 fully saturated rings. The summed E-state index contributed by atoms with van der Waals surface area (Å²) in [6.45, 7) is 2.17. The van der Waals surface area contributed by atoms with Gasteiger partial charge >= 0.3 is 0 Å². The first-order valence-electron chi connectivity index (χ1n) is 3.35. The Labute approximate surface area is 113 Å². The lowest BCUT2D eigenvalue weighted by Crippen LogP contribution is -1.94. The van der Waals surface area contributed by atoms with Gasteiger partial charge in [0.2, 0.25) is 0 Å². The third-order valence-corrected chi connectivity index (χ3v) is 18.1. The van der Waals surface area contributed by atoms with Crippen LogP contribution in [0.1, 0.15) is 19.8 Å². The maximum absolute atomic E-state index is 5.35. The Morgan fingerprint density at radius 2 is 1.92 bits per heavy atom. The molecule has 0 aromatic carbocycles. The van der Waals surface area contributed by atoms with E-state index in [1.54, 1.807) is 39.3 Å². The van der Waals surface area contributed by atoms with Gasteiger partial charge in [0.15, 0.2) is 0 Å². The number of unbranched alkanes of at least 4 members (excludes halogenated alkanes) is 1. The van der Waals surface area contributed by atoms with Gasteiger partial charge in [-0.3, -0.25) is 0 Å². The lowest BCUT2D eigenvalue weighted by Gasteiger charge is -2.05. The van der Waals surface area contributed by atoms with Gasteiger partial charge in [-0.15, -0.1) is 0 Å². The highest BCUT2D eigenvalue weighted by atomic mass is 34.0. The molecule has 0 atom stereocenters. The zero-order chi connectivity index (χ0) is 10.2. The van der Waals surface area contributed by atoms with E-state index in [2.05, 4.69) is 18.6 Å². The maximum Gasteiger partial charge on any atom is 0.0120 e. The molecule has 0 bridgehead atoms. The van der Waals surface area contributed by atoms with E-state index in [1.165, 1.54) is 16.2 Å². The van der Waals surface area contributed by atoms with E-state index in [-0.39, 0.29) is 0 Å². The van der Waals surface area contributed by atoms with Crippen LogP contribution in [0.5, 0.6) is 0 Å². The molecular formula is C4H10S9. The molecule has 0 aliphatic rings. The minimum absolute atomic E-state index is 1.02. The largest absolute Gasteiger partial charge is 0.0988 e. The number of thiol groups is 1. The van der Waals surface area contributed by atoms with Crippen LogP contribution >= 0.6 is 60.8 Å². The first-order chi connectivity index (χ1) is 6.12. The molecule has 0 aliphatic carbocycles. The fourth-order valence-electron chi connectivity index (χ4n) is 0.433. The lowest BCUT2D eigenvalue weighted by atomic mass is 10.4. The molecule has 0 aromatic heterocycles. The molecule has 0 spiro atoms. The van der Waals surface area contributed by atoms with Crippen LogP contribution in [0.2, 0.25) is 0 Å². The summed E-state index contributed by atoms with van der Waals surface area (Å²) < 4.78 is 0. The quantitative estimate of drug-likeness (QED) is 0.370. The van der Waals surface area contributed by atoms with Gasteiger partial charge in [-0.25, -0.2) is 0 Å². The highest BCUT2D eigenvalue weighted by Gasteiger charge is 2.03. The van der Waals surface area contributed by atoms with Gasteiger partial charge in [-0.05, 0) is 84.1 Å². The third-order valence-electron chi connectivity index (χ3n) is 0.965. The molecular weight excluding hydrogens is 337 g/mol. The van der Waals surface area contributed by atoms with E-state index in [0.29, 0.717) is 0 Å². The molecule has 0 amide bonds. The van der Waals surface area contributed by atoms with E-state index in [4.69, 9.17) is 22.4 Å². The summed E-state index contributed by atoms with van der Waals surface area (Å²) in [6, 6.07) is 0. The fraction of sp³-hybridized carbons (Fsp3) is 1.00. The molecule has 9 heteroatoms. The average Bonchev–Trinajstić information content (AvgIpc) is 2.09. The standard InChI is InChI=1S/C4H10S9/c1-2-3-4-13(6,7)12-11-10-9-8-5/h5H,2-4H2,1H3. The van der Waals surface area contributed by atoms with Crippen LogP contribution in [0.3, 0.4) is 0 Å². The summed E-state index contributed by atoms with van der Waals surface area (Å²) in [5, 5.41) is 0. The van der Waals surface area contributed by atoms with Gasteiger partial charge in [0, 0.05) is 5.75 Å². The molecule has 0 unspecified atom stereocenters. The smallest absolute Gasteiger partial charge is 0.0120 e. The Bertz CT molecular complexity index is 194. The van der Waals surface area contributed by atoms with Gasteiger partial charge in [-0.2, -0.15) is 0 Å². The SMILES string of the molecule is CCCCS(=S)(=S)SSSSSS. The zero-order valence-electron chi connectivity index (χ0n) is 6.83. The van der Waals surface area contributed by atoms with E-state index in [0.717, 1.165) is 12.2 Å². The number of hydrogen-bond acceptors (Lipinski definition) is 8. The Morgan fingerprint density at radius 3 is 2.46 bits per heavy atom. The Balaban J connectivity index is 3.52. The molecule has 0 N–H and O–H groups in total. The van der Waals surface area contributed by atoms with Crippen LogP contribution in [-0.2, 0) is 28.6 Å². The average molecular weight is 347 g/mol. The maximum atomic E-state index is 5.35. The molecule has 0 saturated carbocycles. The molecule has 13 heavy (non-hydrogen) atoms.